The summed E-state index contributed by atoms with van der Waals surface area (Å²) in [6.45, 7) is 3.49. The maximum atomic E-state index is 13.6. The minimum Gasteiger partial charge on any atom is -0.606 e. The molecule has 3 aromatic carbocycles. The van der Waals surface area contributed by atoms with E-state index in [1.54, 1.807) is 56.3 Å². The van der Waals surface area contributed by atoms with Gasteiger partial charge in [-0.1, -0.05) is 17.7 Å². The largest absolute Gasteiger partial charge is 0.606 e. The lowest BCUT2D eigenvalue weighted by Gasteiger charge is -2.41. The summed E-state index contributed by atoms with van der Waals surface area (Å²) in [6.07, 6.45) is -1.97. The van der Waals surface area contributed by atoms with Gasteiger partial charge < -0.3 is 23.7 Å². The van der Waals surface area contributed by atoms with Crippen LogP contribution in [0.4, 0.5) is 4.39 Å². The van der Waals surface area contributed by atoms with Crippen LogP contribution in [0.5, 0.6) is 11.6 Å². The number of hydrogen-bond acceptors (Lipinski definition) is 6. The molecule has 0 saturated heterocycles. The van der Waals surface area contributed by atoms with E-state index in [9.17, 15) is 14.0 Å². The number of benzene rings is 3. The Kier molecular flexibility index (Phi) is 5.49. The number of aliphatic hydroxyl groups is 1. The molecule has 33 heavy (non-hydrogen) atoms. The molecular formula is C24H19ClFNO5S. The fraction of sp³-hybridized carbons (Fsp3) is 0.208. The summed E-state index contributed by atoms with van der Waals surface area (Å²) in [7, 11) is 0. The first kappa shape index (κ1) is 22.0. The predicted molar refractivity (Wildman–Crippen MR) is 121 cm³/mol. The van der Waals surface area contributed by atoms with Gasteiger partial charge in [-0.05, 0) is 55.4 Å². The van der Waals surface area contributed by atoms with Crippen LogP contribution in [-0.4, -0.2) is 26.5 Å². The molecule has 5 rings (SSSR count). The van der Waals surface area contributed by atoms with Crippen LogP contribution in [-0.2, 0) is 11.2 Å². The van der Waals surface area contributed by atoms with Gasteiger partial charge in [0.2, 0.25) is 0 Å². The lowest BCUT2D eigenvalue weighted by Crippen LogP contribution is -2.50. The van der Waals surface area contributed by atoms with Gasteiger partial charge in [-0.3, -0.25) is 0 Å². The molecule has 0 aliphatic carbocycles. The molecule has 0 bridgehead atoms. The molecule has 9 heteroatoms. The first-order valence-electron chi connectivity index (χ1n) is 10.1. The Morgan fingerprint density at radius 2 is 1.91 bits per heavy atom. The van der Waals surface area contributed by atoms with Crippen molar-refractivity contribution in [3.63, 3.8) is 0 Å². The van der Waals surface area contributed by atoms with Crippen molar-refractivity contribution in [3.05, 3.63) is 77.1 Å². The zero-order valence-electron chi connectivity index (χ0n) is 17.6. The number of halogens is 2. The number of rotatable bonds is 4. The van der Waals surface area contributed by atoms with Gasteiger partial charge >= 0.3 is 0 Å². The highest BCUT2D eigenvalue weighted by Crippen LogP contribution is 2.44. The molecule has 0 fully saturated rings. The van der Waals surface area contributed by atoms with E-state index in [2.05, 4.69) is 5.16 Å². The molecule has 1 N–H and O–H groups in total. The van der Waals surface area contributed by atoms with Crippen LogP contribution in [0, 0.1) is 5.82 Å². The molecule has 3 atom stereocenters. The first-order valence-corrected chi connectivity index (χ1v) is 11.7. The summed E-state index contributed by atoms with van der Waals surface area (Å²) in [5.41, 5.74) is -0.0299. The number of nitrogens with zero attached hydrogens (tertiary/aromatic N) is 1. The Hall–Kier alpha value is -2.78. The fourth-order valence-corrected chi connectivity index (χ4v) is 5.06. The zero-order valence-corrected chi connectivity index (χ0v) is 19.2. The van der Waals surface area contributed by atoms with E-state index in [1.165, 1.54) is 18.2 Å². The third kappa shape index (κ3) is 4.04. The van der Waals surface area contributed by atoms with Crippen LogP contribution in [0.1, 0.15) is 25.5 Å². The van der Waals surface area contributed by atoms with Gasteiger partial charge in [-0.15, -0.1) is 0 Å². The van der Waals surface area contributed by atoms with E-state index < -0.39 is 34.8 Å². The van der Waals surface area contributed by atoms with Crippen LogP contribution in [0.3, 0.4) is 0 Å². The Morgan fingerprint density at radius 3 is 2.70 bits per heavy atom. The fourth-order valence-electron chi connectivity index (χ4n) is 3.78. The quantitative estimate of drug-likeness (QED) is 0.386. The molecule has 0 amide bonds. The van der Waals surface area contributed by atoms with Crippen LogP contribution < -0.4 is 9.47 Å². The van der Waals surface area contributed by atoms with Crippen LogP contribution in [0.2, 0.25) is 5.02 Å². The van der Waals surface area contributed by atoms with Crippen molar-refractivity contribution < 1.29 is 28.0 Å². The van der Waals surface area contributed by atoms with Crippen molar-refractivity contribution in [1.29, 1.82) is 0 Å². The highest BCUT2D eigenvalue weighted by atomic mass is 35.5. The molecule has 2 heterocycles. The normalized spacial score (nSPS) is 20.2. The van der Waals surface area contributed by atoms with Gasteiger partial charge in [0.05, 0.1) is 5.39 Å². The lowest BCUT2D eigenvalue weighted by atomic mass is 9.88. The van der Waals surface area contributed by atoms with Gasteiger partial charge in [0, 0.05) is 40.0 Å². The van der Waals surface area contributed by atoms with Crippen molar-refractivity contribution in [3.8, 4) is 11.6 Å². The molecule has 6 nitrogen and oxygen atoms in total. The maximum absolute atomic E-state index is 13.6. The Labute approximate surface area is 197 Å². The average Bonchev–Trinajstić information content (AvgIpc) is 3.17. The highest BCUT2D eigenvalue weighted by molar-refractivity contribution is 7.91. The van der Waals surface area contributed by atoms with Gasteiger partial charge in [-0.25, -0.2) is 4.39 Å². The number of aliphatic hydroxyl groups excluding tert-OH is 1. The van der Waals surface area contributed by atoms with Gasteiger partial charge in [0.25, 0.3) is 5.88 Å². The summed E-state index contributed by atoms with van der Waals surface area (Å²) in [6, 6.07) is 15.6. The zero-order chi connectivity index (χ0) is 23.3. The second-order valence-electron chi connectivity index (χ2n) is 8.24. The highest BCUT2D eigenvalue weighted by Gasteiger charge is 2.45. The van der Waals surface area contributed by atoms with Crippen molar-refractivity contribution in [1.82, 2.24) is 5.16 Å². The third-order valence-corrected chi connectivity index (χ3v) is 7.12. The Morgan fingerprint density at radius 1 is 1.12 bits per heavy atom. The van der Waals surface area contributed by atoms with Gasteiger partial charge in [-0.2, -0.15) is 0 Å². The predicted octanol–water partition coefficient (Wildman–Crippen LogP) is 5.44. The summed E-state index contributed by atoms with van der Waals surface area (Å²) >= 11 is 4.37. The number of ether oxygens (including phenoxy) is 2. The Bertz CT molecular complexity index is 1340. The standard InChI is InChI=1S/C24H19ClFNO5S/c1-24(2)22(28)21(30-23-17-8-6-13(25)10-20(17)32-27-23)18-12-16(7-9-19(18)31-24)33(29)15-5-3-4-14(26)11-15/h3-12,21-22,28H,1-2H3/t21-,22+,33?/m1/s1. The molecule has 170 valence electrons. The van der Waals surface area contributed by atoms with Crippen molar-refractivity contribution in [2.45, 2.75) is 41.4 Å². The van der Waals surface area contributed by atoms with Crippen LogP contribution >= 0.6 is 11.6 Å². The first-order chi connectivity index (χ1) is 15.7. The molecule has 1 aromatic heterocycles. The number of hydrogen-bond donors (Lipinski definition) is 1. The lowest BCUT2D eigenvalue weighted by molar-refractivity contribution is -0.104. The summed E-state index contributed by atoms with van der Waals surface area (Å²) in [5, 5.41) is 16.2. The number of fused-ring (bicyclic) bond motifs is 2. The van der Waals surface area contributed by atoms with E-state index in [1.807, 2.05) is 0 Å². The summed E-state index contributed by atoms with van der Waals surface area (Å²) < 4.78 is 44.2. The van der Waals surface area contributed by atoms with Gasteiger partial charge in [0.1, 0.15) is 23.3 Å². The molecule has 4 aromatic rings. The summed E-state index contributed by atoms with van der Waals surface area (Å²) in [4.78, 5) is 0.740. The number of aromatic nitrogens is 1. The molecule has 1 aliphatic rings. The van der Waals surface area contributed by atoms with Crippen LogP contribution in [0.25, 0.3) is 11.0 Å². The minimum atomic E-state index is -1.65. The molecule has 0 radical (unpaired) electrons. The summed E-state index contributed by atoms with van der Waals surface area (Å²) in [5.74, 6) is 0.190. The SMILES string of the molecule is CC1(C)Oc2ccc([S+]([O-])c3cccc(F)c3)cc2[C@@H](Oc2noc3cc(Cl)ccc23)[C@@H]1O. The van der Waals surface area contributed by atoms with E-state index in [0.29, 0.717) is 37.1 Å². The smallest absolute Gasteiger partial charge is 0.262 e. The van der Waals surface area contributed by atoms with Crippen molar-refractivity contribution >= 4 is 33.7 Å². The topological polar surface area (TPSA) is 87.8 Å². The molecule has 0 spiro atoms. The van der Waals surface area contributed by atoms with E-state index in [-0.39, 0.29) is 5.88 Å². The molecular weight excluding hydrogens is 469 g/mol. The second-order valence-corrected chi connectivity index (χ2v) is 10.2. The molecule has 0 saturated carbocycles. The van der Waals surface area contributed by atoms with E-state index >= 15 is 0 Å². The Balaban J connectivity index is 1.56. The van der Waals surface area contributed by atoms with Crippen molar-refractivity contribution in [2.24, 2.45) is 0 Å². The van der Waals surface area contributed by atoms with E-state index in [4.69, 9.17) is 25.6 Å². The van der Waals surface area contributed by atoms with Gasteiger partial charge in [0.15, 0.2) is 21.5 Å². The molecule has 1 unspecified atom stereocenters. The van der Waals surface area contributed by atoms with Crippen LogP contribution in [0.15, 0.2) is 75.0 Å². The minimum absolute atomic E-state index is 0.186. The monoisotopic (exact) mass is 487 g/mol. The van der Waals surface area contributed by atoms with E-state index in [0.717, 1.165) is 0 Å². The maximum Gasteiger partial charge on any atom is 0.262 e. The second kappa shape index (κ2) is 8.22. The average molecular weight is 488 g/mol. The van der Waals surface area contributed by atoms with Crippen molar-refractivity contribution in [2.75, 3.05) is 0 Å². The third-order valence-electron chi connectivity index (χ3n) is 5.52. The molecule has 1 aliphatic heterocycles.